The Kier molecular flexibility index (Phi) is 9.32. The number of nitrogens with one attached hydrogen (secondary N) is 1. The highest BCUT2D eigenvalue weighted by atomic mass is 35.5. The smallest absolute Gasteiger partial charge is 0.314 e. The largest absolute Gasteiger partial charge is 0.418 e. The molecule has 216 valence electrons. The molecule has 4 aromatic rings. The fourth-order valence-electron chi connectivity index (χ4n) is 4.75. The molecule has 6 nitrogen and oxygen atoms in total. The third-order valence-electron chi connectivity index (χ3n) is 6.76. The highest BCUT2D eigenvalue weighted by molar-refractivity contribution is 6.30. The molecule has 4 rings (SSSR count). The lowest BCUT2D eigenvalue weighted by Crippen LogP contribution is -2.41. The van der Waals surface area contributed by atoms with E-state index in [0.717, 1.165) is 25.0 Å². The number of hydrogen-bond donors (Lipinski definition) is 1. The van der Waals surface area contributed by atoms with Crippen LogP contribution < -0.4 is 10.9 Å². The Hall–Kier alpha value is -3.92. The highest BCUT2D eigenvalue weighted by Gasteiger charge is 2.35. The number of hydrogen-bond acceptors (Lipinski definition) is 3. The van der Waals surface area contributed by atoms with Crippen LogP contribution in [0.4, 0.5) is 28.0 Å². The lowest BCUT2D eigenvalue weighted by molar-refractivity contribution is -0.136. The van der Waals surface area contributed by atoms with Crippen molar-refractivity contribution in [2.24, 2.45) is 0 Å². The van der Waals surface area contributed by atoms with E-state index < -0.39 is 35.2 Å². The van der Waals surface area contributed by atoms with Crippen molar-refractivity contribution >= 4 is 34.2 Å². The number of aromatic nitrogens is 2. The highest BCUT2D eigenvalue weighted by Crippen LogP contribution is 2.35. The summed E-state index contributed by atoms with van der Waals surface area (Å²) in [6.45, 7) is 3.97. The van der Waals surface area contributed by atoms with Gasteiger partial charge in [-0.1, -0.05) is 62.6 Å². The van der Waals surface area contributed by atoms with E-state index >= 15 is 0 Å². The summed E-state index contributed by atoms with van der Waals surface area (Å²) in [6.07, 6.45) is -2.22. The Balaban J connectivity index is 1.88. The minimum atomic E-state index is -4.68. The summed E-state index contributed by atoms with van der Waals surface area (Å²) in [4.78, 5) is 33.7. The number of alkyl halides is 3. The Morgan fingerprint density at radius 3 is 2.44 bits per heavy atom. The van der Waals surface area contributed by atoms with Gasteiger partial charge < -0.3 is 10.2 Å². The summed E-state index contributed by atoms with van der Waals surface area (Å²) in [5.74, 6) is -0.496. The average Bonchev–Trinajstić information content (AvgIpc) is 2.94. The molecule has 0 radical (unpaired) electrons. The van der Waals surface area contributed by atoms with E-state index in [1.807, 2.05) is 6.92 Å². The van der Waals surface area contributed by atoms with Gasteiger partial charge in [-0.05, 0) is 55.3 Å². The lowest BCUT2D eigenvalue weighted by atomic mass is 10.1. The number of carbonyl (C=O) groups is 1. The minimum absolute atomic E-state index is 0.176. The van der Waals surface area contributed by atoms with Crippen LogP contribution in [0.15, 0.2) is 71.5 Å². The van der Waals surface area contributed by atoms with Gasteiger partial charge in [0.15, 0.2) is 0 Å². The molecule has 1 atom stereocenters. The van der Waals surface area contributed by atoms with Gasteiger partial charge in [-0.15, -0.1) is 0 Å². The summed E-state index contributed by atoms with van der Waals surface area (Å²) >= 11 is 6.06. The van der Waals surface area contributed by atoms with Crippen molar-refractivity contribution in [2.75, 3.05) is 11.9 Å². The summed E-state index contributed by atoms with van der Waals surface area (Å²) < 4.78 is 56.4. The van der Waals surface area contributed by atoms with Crippen LogP contribution >= 0.6 is 11.6 Å². The van der Waals surface area contributed by atoms with Gasteiger partial charge in [0, 0.05) is 6.54 Å². The summed E-state index contributed by atoms with van der Waals surface area (Å²) in [5, 5.41) is 2.53. The van der Waals surface area contributed by atoms with E-state index in [2.05, 4.69) is 5.32 Å². The first kappa shape index (κ1) is 30.0. The number of rotatable bonds is 9. The van der Waals surface area contributed by atoms with Gasteiger partial charge in [-0.3, -0.25) is 9.36 Å². The van der Waals surface area contributed by atoms with Gasteiger partial charge >= 0.3 is 12.2 Å². The third kappa shape index (κ3) is 6.53. The third-order valence-corrected chi connectivity index (χ3v) is 7.05. The van der Waals surface area contributed by atoms with E-state index in [9.17, 15) is 27.2 Å². The van der Waals surface area contributed by atoms with Gasteiger partial charge in [-0.2, -0.15) is 13.2 Å². The van der Waals surface area contributed by atoms with Crippen LogP contribution in [-0.2, 0) is 6.18 Å². The van der Waals surface area contributed by atoms with Gasteiger partial charge in [0.2, 0.25) is 0 Å². The normalized spacial score (nSPS) is 12.4. The first-order chi connectivity index (χ1) is 19.6. The molecular formula is C30H29ClF4N4O2. The maximum Gasteiger partial charge on any atom is 0.418 e. The van der Waals surface area contributed by atoms with Crippen molar-refractivity contribution in [1.29, 1.82) is 0 Å². The monoisotopic (exact) mass is 588 g/mol. The molecule has 0 saturated heterocycles. The summed E-state index contributed by atoms with van der Waals surface area (Å²) in [5.41, 5.74) is -1.19. The average molecular weight is 589 g/mol. The standard InChI is InChI=1S/C30H29ClF4N4O2/c1-3-5-10-17-38(29(41)37-25-14-9-7-12-21(25)30(33,34)35)26(4-2)27-36-24-13-8-6-11-20(24)28(40)39(27)19-15-16-23(32)22(31)18-19/h6-9,11-16,18,26H,3-5,10,17H2,1-2H3,(H,37,41). The molecule has 0 aliphatic carbocycles. The molecule has 0 saturated carbocycles. The molecule has 0 spiro atoms. The van der Waals surface area contributed by atoms with Gasteiger partial charge in [0.05, 0.1) is 38.9 Å². The zero-order valence-electron chi connectivity index (χ0n) is 22.5. The number of amides is 2. The predicted octanol–water partition coefficient (Wildman–Crippen LogP) is 8.37. The van der Waals surface area contributed by atoms with Crippen LogP contribution in [0.1, 0.15) is 57.0 Å². The quantitative estimate of drug-likeness (QED) is 0.158. The SMILES string of the molecule is CCCCCN(C(=O)Nc1ccccc1C(F)(F)F)C(CC)c1nc2ccccc2c(=O)n1-c1ccc(F)c(Cl)c1. The van der Waals surface area contributed by atoms with Crippen molar-refractivity contribution in [3.8, 4) is 5.69 Å². The van der Waals surface area contributed by atoms with Crippen molar-refractivity contribution in [2.45, 2.75) is 51.7 Å². The number of para-hydroxylation sites is 2. The zero-order chi connectivity index (χ0) is 29.7. The van der Waals surface area contributed by atoms with Crippen LogP contribution in [0.3, 0.4) is 0 Å². The number of nitrogens with zero attached hydrogens (tertiary/aromatic N) is 3. The lowest BCUT2D eigenvalue weighted by Gasteiger charge is -2.33. The van der Waals surface area contributed by atoms with E-state index in [0.29, 0.717) is 17.3 Å². The van der Waals surface area contributed by atoms with Crippen LogP contribution in [0.2, 0.25) is 5.02 Å². The Morgan fingerprint density at radius 1 is 1.05 bits per heavy atom. The van der Waals surface area contributed by atoms with Crippen LogP contribution in [0.25, 0.3) is 16.6 Å². The van der Waals surface area contributed by atoms with E-state index in [1.54, 1.807) is 31.2 Å². The number of urea groups is 1. The predicted molar refractivity (Wildman–Crippen MR) is 152 cm³/mol. The first-order valence-electron chi connectivity index (χ1n) is 13.3. The number of anilines is 1. The molecule has 0 fully saturated rings. The number of fused-ring (bicyclic) bond motifs is 1. The number of halogens is 5. The molecule has 2 amide bonds. The van der Waals surface area contributed by atoms with Gasteiger partial charge in [0.25, 0.3) is 5.56 Å². The molecule has 1 unspecified atom stereocenters. The van der Waals surface area contributed by atoms with Gasteiger partial charge in [0.1, 0.15) is 11.6 Å². The topological polar surface area (TPSA) is 67.2 Å². The Bertz CT molecular complexity index is 1610. The molecule has 1 N–H and O–H groups in total. The number of unbranched alkanes of at least 4 members (excludes halogenated alkanes) is 2. The Labute approximate surface area is 239 Å². The molecule has 0 aliphatic rings. The van der Waals surface area contributed by atoms with Crippen molar-refractivity contribution < 1.29 is 22.4 Å². The maximum absolute atomic E-state index is 14.0. The Morgan fingerprint density at radius 2 is 1.76 bits per heavy atom. The molecule has 0 aliphatic heterocycles. The fraction of sp³-hybridized carbons (Fsp3) is 0.300. The molecule has 11 heteroatoms. The fourth-order valence-corrected chi connectivity index (χ4v) is 4.92. The molecule has 1 heterocycles. The first-order valence-corrected chi connectivity index (χ1v) is 13.7. The molecule has 0 bridgehead atoms. The molecule has 3 aromatic carbocycles. The van der Waals surface area contributed by atoms with Crippen molar-refractivity contribution in [1.82, 2.24) is 14.5 Å². The van der Waals surface area contributed by atoms with Crippen LogP contribution in [-0.4, -0.2) is 27.0 Å². The molecular weight excluding hydrogens is 560 g/mol. The second kappa shape index (κ2) is 12.7. The number of carbonyl (C=O) groups excluding carboxylic acids is 1. The van der Waals surface area contributed by atoms with Crippen LogP contribution in [0.5, 0.6) is 0 Å². The maximum atomic E-state index is 14.0. The second-order valence-electron chi connectivity index (χ2n) is 9.52. The van der Waals surface area contributed by atoms with Crippen LogP contribution in [0, 0.1) is 5.82 Å². The summed E-state index contributed by atoms with van der Waals surface area (Å²) in [7, 11) is 0. The number of benzene rings is 3. The molecule has 1 aromatic heterocycles. The van der Waals surface area contributed by atoms with Gasteiger partial charge in [-0.25, -0.2) is 14.2 Å². The molecule has 41 heavy (non-hydrogen) atoms. The second-order valence-corrected chi connectivity index (χ2v) is 9.93. The van der Waals surface area contributed by atoms with E-state index in [-0.39, 0.29) is 35.2 Å². The van der Waals surface area contributed by atoms with E-state index in [4.69, 9.17) is 16.6 Å². The minimum Gasteiger partial charge on any atom is -0.314 e. The van der Waals surface area contributed by atoms with E-state index in [1.165, 1.54) is 39.8 Å². The van der Waals surface area contributed by atoms with Crippen molar-refractivity contribution in [3.63, 3.8) is 0 Å². The van der Waals surface area contributed by atoms with Crippen molar-refractivity contribution in [3.05, 3.63) is 99.3 Å². The summed E-state index contributed by atoms with van der Waals surface area (Å²) in [6, 6.07) is 13.6. The zero-order valence-corrected chi connectivity index (χ0v) is 23.3.